The summed E-state index contributed by atoms with van der Waals surface area (Å²) in [7, 11) is 1.28. The van der Waals surface area contributed by atoms with Crippen LogP contribution in [0.1, 0.15) is 36.7 Å². The van der Waals surface area contributed by atoms with E-state index in [0.717, 1.165) is 12.8 Å². The molecule has 0 aliphatic heterocycles. The van der Waals surface area contributed by atoms with E-state index in [4.69, 9.17) is 11.6 Å². The molecular formula is C13H16ClNO3. The number of hydrogen-bond donors (Lipinski definition) is 0. The summed E-state index contributed by atoms with van der Waals surface area (Å²) in [4.78, 5) is 27.7. The van der Waals surface area contributed by atoms with Crippen molar-refractivity contribution in [1.29, 1.82) is 0 Å². The molecule has 1 unspecified atom stereocenters. The lowest BCUT2D eigenvalue weighted by Crippen LogP contribution is -2.26. The number of Topliss-reactive ketones (excluding diaryl/α,β-unsaturated/α-hetero) is 1. The number of ether oxygens (including phenoxy) is 1. The first-order valence-corrected chi connectivity index (χ1v) is 6.21. The molecule has 1 aromatic heterocycles. The molecule has 0 saturated carbocycles. The average Bonchev–Trinajstić information content (AvgIpc) is 2.39. The second kappa shape index (κ2) is 7.11. The molecule has 1 atom stereocenters. The predicted molar refractivity (Wildman–Crippen MR) is 68.6 cm³/mol. The number of halogens is 1. The van der Waals surface area contributed by atoms with Gasteiger partial charge in [0, 0.05) is 6.20 Å². The molecule has 0 amide bonds. The third kappa shape index (κ3) is 3.81. The zero-order valence-electron chi connectivity index (χ0n) is 10.5. The first-order valence-electron chi connectivity index (χ1n) is 5.83. The minimum atomic E-state index is -0.774. The van der Waals surface area contributed by atoms with E-state index >= 15 is 0 Å². The molecule has 0 spiro atoms. The highest BCUT2D eigenvalue weighted by molar-refractivity contribution is 6.30. The van der Waals surface area contributed by atoms with Crippen LogP contribution in [0, 0.1) is 5.92 Å². The number of hydrogen-bond acceptors (Lipinski definition) is 4. The van der Waals surface area contributed by atoms with Crippen molar-refractivity contribution in [2.45, 2.75) is 26.2 Å². The van der Waals surface area contributed by atoms with E-state index in [9.17, 15) is 9.59 Å². The van der Waals surface area contributed by atoms with Crippen LogP contribution in [-0.4, -0.2) is 23.8 Å². The van der Waals surface area contributed by atoms with E-state index in [2.05, 4.69) is 9.72 Å². The fourth-order valence-electron chi connectivity index (χ4n) is 1.61. The van der Waals surface area contributed by atoms with Crippen LogP contribution < -0.4 is 0 Å². The van der Waals surface area contributed by atoms with E-state index in [1.165, 1.54) is 19.4 Å². The number of esters is 1. The number of nitrogens with zero attached hydrogens (tertiary/aromatic N) is 1. The van der Waals surface area contributed by atoms with E-state index in [-0.39, 0.29) is 11.5 Å². The summed E-state index contributed by atoms with van der Waals surface area (Å²) in [6.07, 6.45) is 3.57. The molecule has 1 rings (SSSR count). The molecule has 0 bridgehead atoms. The zero-order valence-corrected chi connectivity index (χ0v) is 11.2. The summed E-state index contributed by atoms with van der Waals surface area (Å²) in [6, 6.07) is 3.10. The van der Waals surface area contributed by atoms with Crippen molar-refractivity contribution in [3.8, 4) is 0 Å². The summed E-state index contributed by atoms with van der Waals surface area (Å²) in [6.45, 7) is 2.00. The highest BCUT2D eigenvalue weighted by Gasteiger charge is 2.28. The van der Waals surface area contributed by atoms with Gasteiger partial charge >= 0.3 is 5.97 Å². The van der Waals surface area contributed by atoms with Crippen molar-refractivity contribution in [3.63, 3.8) is 0 Å². The van der Waals surface area contributed by atoms with Crippen molar-refractivity contribution in [2.24, 2.45) is 5.92 Å². The standard InChI is InChI=1S/C13H16ClNO3/c1-3-4-5-10(13(17)18-2)12(16)11-7-6-9(14)8-15-11/h6-8,10H,3-5H2,1-2H3. The van der Waals surface area contributed by atoms with Crippen LogP contribution in [0.3, 0.4) is 0 Å². The molecule has 0 N–H and O–H groups in total. The fourth-order valence-corrected chi connectivity index (χ4v) is 1.72. The van der Waals surface area contributed by atoms with Crippen LogP contribution in [-0.2, 0) is 9.53 Å². The predicted octanol–water partition coefficient (Wildman–Crippen LogP) is 2.90. The van der Waals surface area contributed by atoms with Crippen LogP contribution in [0.2, 0.25) is 5.02 Å². The molecule has 0 radical (unpaired) electrons. The van der Waals surface area contributed by atoms with Crippen molar-refractivity contribution in [1.82, 2.24) is 4.98 Å². The molecule has 0 fully saturated rings. The zero-order chi connectivity index (χ0) is 13.5. The minimum absolute atomic E-state index is 0.242. The Bertz CT molecular complexity index is 417. The van der Waals surface area contributed by atoms with Crippen LogP contribution >= 0.6 is 11.6 Å². The van der Waals surface area contributed by atoms with Gasteiger partial charge < -0.3 is 4.74 Å². The number of unbranched alkanes of at least 4 members (excludes halogenated alkanes) is 1. The van der Waals surface area contributed by atoms with Gasteiger partial charge in [-0.2, -0.15) is 0 Å². The Morgan fingerprint density at radius 3 is 2.67 bits per heavy atom. The molecule has 0 saturated heterocycles. The summed E-state index contributed by atoms with van der Waals surface area (Å²) in [5.41, 5.74) is 0.242. The minimum Gasteiger partial charge on any atom is -0.468 e. The Morgan fingerprint density at radius 2 is 2.17 bits per heavy atom. The van der Waals surface area contributed by atoms with Gasteiger partial charge in [-0.15, -0.1) is 0 Å². The molecule has 98 valence electrons. The molecule has 0 aliphatic carbocycles. The first-order chi connectivity index (χ1) is 8.60. The third-order valence-corrected chi connectivity index (χ3v) is 2.85. The van der Waals surface area contributed by atoms with Crippen LogP contribution in [0.4, 0.5) is 0 Å². The number of rotatable bonds is 6. The van der Waals surface area contributed by atoms with Gasteiger partial charge in [-0.3, -0.25) is 14.6 Å². The van der Waals surface area contributed by atoms with Gasteiger partial charge in [0.25, 0.3) is 0 Å². The molecule has 1 heterocycles. The quantitative estimate of drug-likeness (QED) is 0.453. The summed E-state index contributed by atoms with van der Waals surface area (Å²) < 4.78 is 4.66. The smallest absolute Gasteiger partial charge is 0.316 e. The molecular weight excluding hydrogens is 254 g/mol. The largest absolute Gasteiger partial charge is 0.468 e. The van der Waals surface area contributed by atoms with Gasteiger partial charge in [0.15, 0.2) is 5.78 Å². The maximum absolute atomic E-state index is 12.2. The number of methoxy groups -OCH3 is 1. The Morgan fingerprint density at radius 1 is 1.44 bits per heavy atom. The molecule has 5 heteroatoms. The van der Waals surface area contributed by atoms with Crippen molar-refractivity contribution in [2.75, 3.05) is 7.11 Å². The lowest BCUT2D eigenvalue weighted by molar-refractivity contribution is -0.143. The number of aromatic nitrogens is 1. The third-order valence-electron chi connectivity index (χ3n) is 2.63. The van der Waals surface area contributed by atoms with Crippen molar-refractivity contribution >= 4 is 23.4 Å². The second-order valence-electron chi connectivity index (χ2n) is 3.94. The lowest BCUT2D eigenvalue weighted by Gasteiger charge is -2.12. The normalized spacial score (nSPS) is 11.9. The van der Waals surface area contributed by atoms with Crippen LogP contribution in [0.5, 0.6) is 0 Å². The van der Waals surface area contributed by atoms with Gasteiger partial charge in [0.05, 0.1) is 12.1 Å². The average molecular weight is 270 g/mol. The van der Waals surface area contributed by atoms with Gasteiger partial charge in [-0.05, 0) is 18.6 Å². The van der Waals surface area contributed by atoms with E-state index in [0.29, 0.717) is 11.4 Å². The van der Waals surface area contributed by atoms with Crippen LogP contribution in [0.15, 0.2) is 18.3 Å². The molecule has 0 aromatic carbocycles. The highest BCUT2D eigenvalue weighted by atomic mass is 35.5. The van der Waals surface area contributed by atoms with E-state index in [1.807, 2.05) is 6.92 Å². The van der Waals surface area contributed by atoms with Gasteiger partial charge in [0.2, 0.25) is 0 Å². The van der Waals surface area contributed by atoms with Crippen molar-refractivity contribution in [3.05, 3.63) is 29.0 Å². The summed E-state index contributed by atoms with van der Waals surface area (Å²) >= 11 is 5.70. The SMILES string of the molecule is CCCCC(C(=O)OC)C(=O)c1ccc(Cl)cn1. The van der Waals surface area contributed by atoms with E-state index in [1.54, 1.807) is 6.07 Å². The maximum atomic E-state index is 12.2. The van der Waals surface area contributed by atoms with Gasteiger partial charge in [0.1, 0.15) is 11.6 Å². The van der Waals surface area contributed by atoms with Crippen molar-refractivity contribution < 1.29 is 14.3 Å². The van der Waals surface area contributed by atoms with E-state index < -0.39 is 11.9 Å². The topological polar surface area (TPSA) is 56.3 Å². The maximum Gasteiger partial charge on any atom is 0.316 e. The molecule has 0 aliphatic rings. The Kier molecular flexibility index (Phi) is 5.78. The second-order valence-corrected chi connectivity index (χ2v) is 4.38. The Hall–Kier alpha value is -1.42. The Labute approximate surface area is 111 Å². The fraction of sp³-hybridized carbons (Fsp3) is 0.462. The summed E-state index contributed by atoms with van der Waals surface area (Å²) in [5.74, 6) is -1.60. The number of pyridine rings is 1. The first kappa shape index (κ1) is 14.6. The van der Waals surface area contributed by atoms with Crippen LogP contribution in [0.25, 0.3) is 0 Å². The lowest BCUT2D eigenvalue weighted by atomic mass is 9.95. The molecule has 18 heavy (non-hydrogen) atoms. The van der Waals surface area contributed by atoms with Gasteiger partial charge in [-0.1, -0.05) is 31.4 Å². The monoisotopic (exact) mass is 269 g/mol. The number of carbonyl (C=O) groups is 2. The highest BCUT2D eigenvalue weighted by Crippen LogP contribution is 2.17. The molecule has 4 nitrogen and oxygen atoms in total. The van der Waals surface area contributed by atoms with Gasteiger partial charge in [-0.25, -0.2) is 0 Å². The summed E-state index contributed by atoms with van der Waals surface area (Å²) in [5, 5.41) is 0.453. The Balaban J connectivity index is 2.87. The molecule has 1 aromatic rings. The number of ketones is 1. The number of carbonyl (C=O) groups excluding carboxylic acids is 2.